The highest BCUT2D eigenvalue weighted by molar-refractivity contribution is 5.85. The number of hydrogen-bond acceptors (Lipinski definition) is 3. The Labute approximate surface area is 164 Å². The van der Waals surface area contributed by atoms with E-state index in [-0.39, 0.29) is 48.2 Å². The molecule has 2 rings (SSSR count). The lowest BCUT2D eigenvalue weighted by molar-refractivity contribution is -0.123. The average molecular weight is 390 g/mol. The fourth-order valence-corrected chi connectivity index (χ4v) is 3.05. The number of benzene rings is 1. The summed E-state index contributed by atoms with van der Waals surface area (Å²) >= 11 is 0. The molecule has 0 saturated heterocycles. The Hall–Kier alpha value is -0.810. The van der Waals surface area contributed by atoms with E-state index in [1.54, 1.807) is 0 Å². The lowest BCUT2D eigenvalue weighted by atomic mass is 9.85. The lowest BCUT2D eigenvalue weighted by Gasteiger charge is -2.38. The van der Waals surface area contributed by atoms with Crippen LogP contribution in [0.15, 0.2) is 24.3 Å². The van der Waals surface area contributed by atoms with E-state index < -0.39 is 0 Å². The standard InChI is InChI=1S/C19H31N3O.2ClH/c1-14(20)11-18(23)21-17(19(2,3)4)13-22-10-9-15-7-5-6-8-16(15)12-22;;/h5-8,14,17H,9-13,20H2,1-4H3,(H,21,23);2*1H. The average Bonchev–Trinajstić information content (AvgIpc) is 2.44. The topological polar surface area (TPSA) is 58.4 Å². The molecule has 1 aliphatic heterocycles. The third-order valence-electron chi connectivity index (χ3n) is 4.54. The smallest absolute Gasteiger partial charge is 0.221 e. The normalized spacial score (nSPS) is 16.7. The van der Waals surface area contributed by atoms with Crippen LogP contribution in [0, 0.1) is 5.41 Å². The summed E-state index contributed by atoms with van der Waals surface area (Å²) in [5.41, 5.74) is 8.63. The van der Waals surface area contributed by atoms with Crippen LogP contribution >= 0.6 is 24.8 Å². The number of halogens is 2. The summed E-state index contributed by atoms with van der Waals surface area (Å²) in [4.78, 5) is 14.6. The van der Waals surface area contributed by atoms with Gasteiger partial charge in [0, 0.05) is 38.1 Å². The number of fused-ring (bicyclic) bond motifs is 1. The van der Waals surface area contributed by atoms with E-state index in [1.165, 1.54) is 11.1 Å². The fraction of sp³-hybridized carbons (Fsp3) is 0.632. The molecule has 0 aromatic heterocycles. The van der Waals surface area contributed by atoms with Crippen LogP contribution in [-0.2, 0) is 17.8 Å². The molecule has 0 aliphatic carbocycles. The molecule has 1 heterocycles. The number of amides is 1. The molecule has 2 atom stereocenters. The third-order valence-corrected chi connectivity index (χ3v) is 4.54. The van der Waals surface area contributed by atoms with Gasteiger partial charge in [0.05, 0.1) is 0 Å². The second kappa shape index (κ2) is 10.4. The number of carbonyl (C=O) groups is 1. The summed E-state index contributed by atoms with van der Waals surface area (Å²) in [7, 11) is 0. The molecule has 1 aromatic carbocycles. The molecule has 144 valence electrons. The van der Waals surface area contributed by atoms with Crippen LogP contribution in [-0.4, -0.2) is 36.0 Å². The number of rotatable bonds is 5. The van der Waals surface area contributed by atoms with Crippen molar-refractivity contribution >= 4 is 30.7 Å². The van der Waals surface area contributed by atoms with Gasteiger partial charge in [-0.3, -0.25) is 9.69 Å². The largest absolute Gasteiger partial charge is 0.352 e. The van der Waals surface area contributed by atoms with Gasteiger partial charge in [-0.15, -0.1) is 24.8 Å². The van der Waals surface area contributed by atoms with Gasteiger partial charge in [0.2, 0.25) is 5.91 Å². The van der Waals surface area contributed by atoms with Crippen molar-refractivity contribution < 1.29 is 4.79 Å². The predicted molar refractivity (Wildman–Crippen MR) is 110 cm³/mol. The van der Waals surface area contributed by atoms with Crippen LogP contribution in [0.2, 0.25) is 0 Å². The Bertz CT molecular complexity index is 544. The predicted octanol–water partition coefficient (Wildman–Crippen LogP) is 3.16. The minimum Gasteiger partial charge on any atom is -0.352 e. The zero-order valence-corrected chi connectivity index (χ0v) is 17.4. The van der Waals surface area contributed by atoms with E-state index in [4.69, 9.17) is 5.73 Å². The van der Waals surface area contributed by atoms with Crippen molar-refractivity contribution in [2.75, 3.05) is 13.1 Å². The molecule has 2 unspecified atom stereocenters. The second-order valence-corrected chi connectivity index (χ2v) is 7.92. The molecule has 0 radical (unpaired) electrons. The first-order valence-corrected chi connectivity index (χ1v) is 8.60. The molecule has 3 N–H and O–H groups in total. The highest BCUT2D eigenvalue weighted by Crippen LogP contribution is 2.24. The van der Waals surface area contributed by atoms with Crippen molar-refractivity contribution in [2.45, 2.75) is 59.2 Å². The summed E-state index contributed by atoms with van der Waals surface area (Å²) in [5, 5.41) is 3.20. The number of carbonyl (C=O) groups excluding carboxylic acids is 1. The Kier molecular flexibility index (Phi) is 10.0. The molecule has 0 saturated carbocycles. The maximum Gasteiger partial charge on any atom is 0.221 e. The number of nitrogens with two attached hydrogens (primary N) is 1. The summed E-state index contributed by atoms with van der Waals surface area (Å²) < 4.78 is 0. The second-order valence-electron chi connectivity index (χ2n) is 7.92. The van der Waals surface area contributed by atoms with Gasteiger partial charge in [-0.2, -0.15) is 0 Å². The van der Waals surface area contributed by atoms with Gasteiger partial charge in [0.25, 0.3) is 0 Å². The first kappa shape index (κ1) is 24.2. The SMILES string of the molecule is CC(N)CC(=O)NC(CN1CCc2ccccc2C1)C(C)(C)C.Cl.Cl. The van der Waals surface area contributed by atoms with Gasteiger partial charge >= 0.3 is 0 Å². The molecular formula is C19H33Cl2N3O. The van der Waals surface area contributed by atoms with E-state index >= 15 is 0 Å². The van der Waals surface area contributed by atoms with Gasteiger partial charge in [0.1, 0.15) is 0 Å². The Morgan fingerprint density at radius 3 is 2.40 bits per heavy atom. The first-order valence-electron chi connectivity index (χ1n) is 8.60. The van der Waals surface area contributed by atoms with Crippen molar-refractivity contribution in [2.24, 2.45) is 11.1 Å². The highest BCUT2D eigenvalue weighted by Gasteiger charge is 2.29. The van der Waals surface area contributed by atoms with E-state index in [0.717, 1.165) is 26.1 Å². The summed E-state index contributed by atoms with van der Waals surface area (Å²) in [6.07, 6.45) is 1.47. The first-order chi connectivity index (χ1) is 10.8. The third kappa shape index (κ3) is 7.53. The zero-order valence-electron chi connectivity index (χ0n) is 15.7. The van der Waals surface area contributed by atoms with Gasteiger partial charge in [-0.1, -0.05) is 45.0 Å². The minimum atomic E-state index is -0.0996. The fourth-order valence-electron chi connectivity index (χ4n) is 3.05. The monoisotopic (exact) mass is 389 g/mol. The molecule has 0 bridgehead atoms. The molecule has 0 fully saturated rings. The highest BCUT2D eigenvalue weighted by atomic mass is 35.5. The maximum absolute atomic E-state index is 12.1. The molecule has 25 heavy (non-hydrogen) atoms. The molecule has 0 spiro atoms. The van der Waals surface area contributed by atoms with E-state index in [0.29, 0.717) is 6.42 Å². The summed E-state index contributed by atoms with van der Waals surface area (Å²) in [6.45, 7) is 11.3. The van der Waals surface area contributed by atoms with Crippen molar-refractivity contribution in [1.82, 2.24) is 10.2 Å². The molecule has 1 amide bonds. The number of nitrogens with one attached hydrogen (secondary N) is 1. The zero-order chi connectivity index (χ0) is 17.0. The molecule has 4 nitrogen and oxygen atoms in total. The number of hydrogen-bond donors (Lipinski definition) is 2. The molecule has 1 aromatic rings. The number of nitrogens with zero attached hydrogens (tertiary/aromatic N) is 1. The van der Waals surface area contributed by atoms with Crippen molar-refractivity contribution in [3.05, 3.63) is 35.4 Å². The Balaban J connectivity index is 0.00000288. The van der Waals surface area contributed by atoms with Gasteiger partial charge in [-0.05, 0) is 29.9 Å². The van der Waals surface area contributed by atoms with Crippen molar-refractivity contribution in [3.8, 4) is 0 Å². The van der Waals surface area contributed by atoms with E-state index in [9.17, 15) is 4.79 Å². The van der Waals surface area contributed by atoms with Crippen LogP contribution in [0.1, 0.15) is 45.2 Å². The Morgan fingerprint density at radius 2 is 1.84 bits per heavy atom. The van der Waals surface area contributed by atoms with Gasteiger partial charge in [-0.25, -0.2) is 0 Å². The van der Waals surface area contributed by atoms with E-state index in [1.807, 2.05) is 6.92 Å². The van der Waals surface area contributed by atoms with Gasteiger partial charge < -0.3 is 11.1 Å². The summed E-state index contributed by atoms with van der Waals surface area (Å²) in [5.74, 6) is 0.0531. The van der Waals surface area contributed by atoms with Gasteiger partial charge in [0.15, 0.2) is 0 Å². The van der Waals surface area contributed by atoms with Crippen molar-refractivity contribution in [3.63, 3.8) is 0 Å². The maximum atomic E-state index is 12.1. The minimum absolute atomic E-state index is 0. The molecule has 6 heteroatoms. The van der Waals surface area contributed by atoms with Crippen molar-refractivity contribution in [1.29, 1.82) is 0 Å². The lowest BCUT2D eigenvalue weighted by Crippen LogP contribution is -2.52. The molecular weight excluding hydrogens is 357 g/mol. The van der Waals surface area contributed by atoms with Crippen LogP contribution in [0.4, 0.5) is 0 Å². The Morgan fingerprint density at radius 1 is 1.24 bits per heavy atom. The van der Waals surface area contributed by atoms with Crippen LogP contribution in [0.3, 0.4) is 0 Å². The molecule has 1 aliphatic rings. The quantitative estimate of drug-likeness (QED) is 0.812. The van der Waals surface area contributed by atoms with Crippen LogP contribution < -0.4 is 11.1 Å². The van der Waals surface area contributed by atoms with Crippen LogP contribution in [0.5, 0.6) is 0 Å². The summed E-state index contributed by atoms with van der Waals surface area (Å²) in [6, 6.07) is 8.67. The van der Waals surface area contributed by atoms with E-state index in [2.05, 4.69) is 55.3 Å². The van der Waals surface area contributed by atoms with Crippen LogP contribution in [0.25, 0.3) is 0 Å².